The van der Waals surface area contributed by atoms with Crippen LogP contribution in [0.2, 0.25) is 5.02 Å². The number of aromatic nitrogens is 1. The predicted molar refractivity (Wildman–Crippen MR) is 99.3 cm³/mol. The Morgan fingerprint density at radius 1 is 1.35 bits per heavy atom. The molecule has 3 rings (SSSR count). The van der Waals surface area contributed by atoms with Gasteiger partial charge in [-0.1, -0.05) is 11.6 Å². The summed E-state index contributed by atoms with van der Waals surface area (Å²) in [6, 6.07) is 8.62. The summed E-state index contributed by atoms with van der Waals surface area (Å²) < 4.78 is 11.3. The molecule has 0 fully saturated rings. The van der Waals surface area contributed by atoms with E-state index in [2.05, 4.69) is 15.3 Å². The highest BCUT2D eigenvalue weighted by atomic mass is 35.5. The third-order valence-electron chi connectivity index (χ3n) is 3.70. The molecule has 0 bridgehead atoms. The van der Waals surface area contributed by atoms with E-state index in [0.717, 1.165) is 0 Å². The standard InChI is InChI=1S/C17H18ClN5O3/c1-21-17(20)23-16(24)13-6-11-12(18)4-5-14(15(11)22-13)25-8-10-3-2-9(7-19)26-10/h2-6,22H,7-8,19H2,1H3,(H3,20,21,23,24). The van der Waals surface area contributed by atoms with Gasteiger partial charge in [-0.15, -0.1) is 0 Å². The zero-order valence-electron chi connectivity index (χ0n) is 14.0. The lowest BCUT2D eigenvalue weighted by molar-refractivity contribution is 0.0998. The van der Waals surface area contributed by atoms with Gasteiger partial charge in [-0.3, -0.25) is 4.79 Å². The first-order valence-electron chi connectivity index (χ1n) is 7.79. The first kappa shape index (κ1) is 17.8. The van der Waals surface area contributed by atoms with Crippen molar-refractivity contribution in [2.75, 3.05) is 7.05 Å². The van der Waals surface area contributed by atoms with Crippen LogP contribution in [0.4, 0.5) is 0 Å². The van der Waals surface area contributed by atoms with Crippen molar-refractivity contribution >= 4 is 34.4 Å². The average molecular weight is 376 g/mol. The fraction of sp³-hybridized carbons (Fsp3) is 0.176. The maximum atomic E-state index is 12.2. The number of halogens is 1. The molecule has 0 atom stereocenters. The molecule has 0 saturated heterocycles. The van der Waals surface area contributed by atoms with Crippen molar-refractivity contribution in [1.82, 2.24) is 10.3 Å². The predicted octanol–water partition coefficient (Wildman–Crippen LogP) is 2.13. The number of nitrogens with two attached hydrogens (primary N) is 2. The second kappa shape index (κ2) is 7.51. The minimum absolute atomic E-state index is 0.0183. The highest BCUT2D eigenvalue weighted by molar-refractivity contribution is 6.35. The maximum absolute atomic E-state index is 12.2. The molecule has 2 aromatic heterocycles. The lowest BCUT2D eigenvalue weighted by atomic mass is 10.2. The summed E-state index contributed by atoms with van der Waals surface area (Å²) in [6.07, 6.45) is 0. The van der Waals surface area contributed by atoms with E-state index in [9.17, 15) is 4.79 Å². The zero-order valence-corrected chi connectivity index (χ0v) is 14.8. The van der Waals surface area contributed by atoms with Crippen LogP contribution in [-0.4, -0.2) is 23.9 Å². The van der Waals surface area contributed by atoms with E-state index in [1.165, 1.54) is 0 Å². The van der Waals surface area contributed by atoms with Crippen LogP contribution in [0.15, 0.2) is 39.7 Å². The summed E-state index contributed by atoms with van der Waals surface area (Å²) in [5.74, 6) is 1.35. The van der Waals surface area contributed by atoms with Crippen molar-refractivity contribution in [2.45, 2.75) is 13.2 Å². The van der Waals surface area contributed by atoms with Crippen LogP contribution in [0, 0.1) is 0 Å². The summed E-state index contributed by atoms with van der Waals surface area (Å²) >= 11 is 6.23. The quantitative estimate of drug-likeness (QED) is 0.399. The molecule has 26 heavy (non-hydrogen) atoms. The topological polar surface area (TPSA) is 132 Å². The van der Waals surface area contributed by atoms with Gasteiger partial charge in [0.1, 0.15) is 29.6 Å². The molecule has 8 nitrogen and oxygen atoms in total. The average Bonchev–Trinajstić information content (AvgIpc) is 3.28. The van der Waals surface area contributed by atoms with Gasteiger partial charge in [0, 0.05) is 12.4 Å². The van der Waals surface area contributed by atoms with E-state index < -0.39 is 5.91 Å². The summed E-state index contributed by atoms with van der Waals surface area (Å²) in [5, 5.41) is 3.72. The number of H-pyrrole nitrogens is 1. The molecule has 1 amide bonds. The fourth-order valence-electron chi connectivity index (χ4n) is 2.38. The molecule has 0 aliphatic heterocycles. The van der Waals surface area contributed by atoms with Crippen molar-refractivity contribution in [3.63, 3.8) is 0 Å². The number of nitrogens with zero attached hydrogens (tertiary/aromatic N) is 1. The van der Waals surface area contributed by atoms with Gasteiger partial charge in [-0.2, -0.15) is 4.99 Å². The van der Waals surface area contributed by atoms with Gasteiger partial charge in [-0.05, 0) is 30.3 Å². The first-order valence-corrected chi connectivity index (χ1v) is 8.17. The monoisotopic (exact) mass is 375 g/mol. The number of furan rings is 1. The van der Waals surface area contributed by atoms with Gasteiger partial charge in [0.2, 0.25) is 0 Å². The number of nitrogens with one attached hydrogen (secondary N) is 2. The van der Waals surface area contributed by atoms with Gasteiger partial charge in [0.25, 0.3) is 5.91 Å². The minimum atomic E-state index is -0.520. The molecule has 0 saturated carbocycles. The number of carbonyl (C=O) groups is 1. The second-order valence-corrected chi connectivity index (χ2v) is 5.84. The number of benzene rings is 1. The van der Waals surface area contributed by atoms with E-state index >= 15 is 0 Å². The van der Waals surface area contributed by atoms with Crippen molar-refractivity contribution in [3.05, 3.63) is 52.6 Å². The molecular formula is C17H18ClN5O3. The van der Waals surface area contributed by atoms with Crippen LogP contribution in [-0.2, 0) is 13.2 Å². The third kappa shape index (κ3) is 3.66. The lowest BCUT2D eigenvalue weighted by Crippen LogP contribution is -2.28. The van der Waals surface area contributed by atoms with Crippen molar-refractivity contribution in [3.8, 4) is 5.75 Å². The summed E-state index contributed by atoms with van der Waals surface area (Å²) in [6.45, 7) is 0.535. The Morgan fingerprint density at radius 2 is 2.12 bits per heavy atom. The van der Waals surface area contributed by atoms with Crippen LogP contribution in [0.1, 0.15) is 22.0 Å². The minimum Gasteiger partial charge on any atom is -0.483 e. The summed E-state index contributed by atoms with van der Waals surface area (Å²) in [4.78, 5) is 18.9. The number of rotatable bonds is 5. The molecule has 136 valence electrons. The number of guanidine groups is 1. The number of hydrogen-bond donors (Lipinski definition) is 4. The Kier molecular flexibility index (Phi) is 5.15. The van der Waals surface area contributed by atoms with Crippen LogP contribution >= 0.6 is 11.6 Å². The molecule has 6 N–H and O–H groups in total. The van der Waals surface area contributed by atoms with Crippen molar-refractivity contribution in [1.29, 1.82) is 0 Å². The van der Waals surface area contributed by atoms with Gasteiger partial charge in [-0.25, -0.2) is 0 Å². The van der Waals surface area contributed by atoms with Crippen molar-refractivity contribution < 1.29 is 13.9 Å². The number of fused-ring (bicyclic) bond motifs is 1. The number of ether oxygens (including phenoxy) is 1. The normalized spacial score (nSPS) is 11.7. The Bertz CT molecular complexity index is 976. The first-order chi connectivity index (χ1) is 12.5. The number of aromatic amines is 1. The molecule has 3 aromatic rings. The third-order valence-corrected chi connectivity index (χ3v) is 4.03. The SMILES string of the molecule is CNC(N)=NC(=O)c1cc2c(Cl)ccc(OCc3ccc(CN)o3)c2[nH]1. The number of amides is 1. The van der Waals surface area contributed by atoms with Gasteiger partial charge >= 0.3 is 0 Å². The molecule has 0 aliphatic rings. The number of hydrogen-bond acceptors (Lipinski definition) is 4. The molecule has 9 heteroatoms. The number of aliphatic imine (C=N–C) groups is 1. The Hall–Kier alpha value is -2.97. The highest BCUT2D eigenvalue weighted by Gasteiger charge is 2.15. The molecule has 2 heterocycles. The molecular weight excluding hydrogens is 358 g/mol. The largest absolute Gasteiger partial charge is 0.483 e. The highest BCUT2D eigenvalue weighted by Crippen LogP contribution is 2.32. The second-order valence-electron chi connectivity index (χ2n) is 5.43. The molecule has 0 spiro atoms. The van der Waals surface area contributed by atoms with E-state index in [0.29, 0.717) is 39.7 Å². The molecule has 0 radical (unpaired) electrons. The Balaban J connectivity index is 1.88. The molecule has 1 aromatic carbocycles. The van der Waals surface area contributed by atoms with E-state index in [1.807, 2.05) is 0 Å². The molecule has 0 unspecified atom stereocenters. The van der Waals surface area contributed by atoms with E-state index in [1.54, 1.807) is 37.4 Å². The van der Waals surface area contributed by atoms with Crippen LogP contribution in [0.25, 0.3) is 10.9 Å². The Labute approximate surface area is 154 Å². The van der Waals surface area contributed by atoms with Crippen LogP contribution < -0.4 is 21.5 Å². The van der Waals surface area contributed by atoms with Crippen LogP contribution in [0.3, 0.4) is 0 Å². The summed E-state index contributed by atoms with van der Waals surface area (Å²) in [7, 11) is 1.57. The lowest BCUT2D eigenvalue weighted by Gasteiger charge is -2.06. The maximum Gasteiger partial charge on any atom is 0.296 e. The van der Waals surface area contributed by atoms with Crippen LogP contribution in [0.5, 0.6) is 5.75 Å². The van der Waals surface area contributed by atoms with E-state index in [-0.39, 0.29) is 18.3 Å². The van der Waals surface area contributed by atoms with Crippen molar-refractivity contribution in [2.24, 2.45) is 16.5 Å². The Morgan fingerprint density at radius 3 is 2.81 bits per heavy atom. The molecule has 0 aliphatic carbocycles. The fourth-order valence-corrected chi connectivity index (χ4v) is 2.59. The smallest absolute Gasteiger partial charge is 0.296 e. The van der Waals surface area contributed by atoms with Gasteiger partial charge in [0.05, 0.1) is 17.1 Å². The van der Waals surface area contributed by atoms with E-state index in [4.69, 9.17) is 32.2 Å². The zero-order chi connectivity index (χ0) is 18.7. The van der Waals surface area contributed by atoms with Gasteiger partial charge < -0.3 is 30.9 Å². The summed E-state index contributed by atoms with van der Waals surface area (Å²) in [5.41, 5.74) is 11.9. The number of carbonyl (C=O) groups excluding carboxylic acids is 1. The van der Waals surface area contributed by atoms with Gasteiger partial charge in [0.15, 0.2) is 5.96 Å².